The second-order valence-electron chi connectivity index (χ2n) is 7.01. The van der Waals surface area contributed by atoms with Crippen molar-refractivity contribution in [3.8, 4) is 11.5 Å². The van der Waals surface area contributed by atoms with Crippen molar-refractivity contribution in [3.63, 3.8) is 0 Å². The zero-order valence-electron chi connectivity index (χ0n) is 18.1. The second kappa shape index (κ2) is 9.99. The summed E-state index contributed by atoms with van der Waals surface area (Å²) in [6.45, 7) is 0. The molecule has 0 bridgehead atoms. The first kappa shape index (κ1) is 24.0. The first-order valence-corrected chi connectivity index (χ1v) is 12.2. The van der Waals surface area contributed by atoms with Crippen LogP contribution in [-0.2, 0) is 14.9 Å². The van der Waals surface area contributed by atoms with E-state index in [9.17, 15) is 23.3 Å². The van der Waals surface area contributed by atoms with Crippen LogP contribution in [0.2, 0.25) is 0 Å². The van der Waals surface area contributed by atoms with E-state index >= 15 is 0 Å². The fourth-order valence-electron chi connectivity index (χ4n) is 2.99. The van der Waals surface area contributed by atoms with Gasteiger partial charge in [-0.25, -0.2) is 4.99 Å². The summed E-state index contributed by atoms with van der Waals surface area (Å²) in [5.41, 5.74) is 0.555. The molecule has 3 aromatic carbocycles. The lowest BCUT2D eigenvalue weighted by atomic mass is 10.2. The molecule has 0 spiro atoms. The van der Waals surface area contributed by atoms with Crippen molar-refractivity contribution in [2.24, 2.45) is 4.99 Å². The molecule has 1 N–H and O–H groups in total. The molecule has 1 aliphatic rings. The molecule has 0 aromatic heterocycles. The summed E-state index contributed by atoms with van der Waals surface area (Å²) in [4.78, 5) is 27.1. The predicted molar refractivity (Wildman–Crippen MR) is 131 cm³/mol. The second-order valence-corrected chi connectivity index (χ2v) is 9.59. The van der Waals surface area contributed by atoms with Crippen molar-refractivity contribution >= 4 is 50.4 Å². The van der Waals surface area contributed by atoms with E-state index in [1.165, 1.54) is 30.3 Å². The largest absolute Gasteiger partial charge is 0.497 e. The standard InChI is InChI=1S/C23H17N3O7S2/c1-32-18-11-9-16(10-12-18)24-23-25-22(27)21(34-23)13-15-5-2-3-8-20(15)33-35(30,31)19-7-4-6-17(14-19)26(28)29/h2-14H,1H3,(H,24,25,27)/b21-13-. The highest BCUT2D eigenvalue weighted by atomic mass is 32.2. The molecule has 1 aliphatic heterocycles. The minimum absolute atomic E-state index is 0.0413. The summed E-state index contributed by atoms with van der Waals surface area (Å²) in [7, 11) is -2.81. The van der Waals surface area contributed by atoms with Crippen LogP contribution in [0.15, 0.2) is 87.6 Å². The number of nitrogens with zero attached hydrogens (tertiary/aromatic N) is 2. The van der Waals surface area contributed by atoms with E-state index in [-0.39, 0.29) is 21.2 Å². The number of amides is 1. The lowest BCUT2D eigenvalue weighted by Gasteiger charge is -2.09. The number of carbonyl (C=O) groups is 1. The molecule has 1 saturated heterocycles. The van der Waals surface area contributed by atoms with Gasteiger partial charge in [0.15, 0.2) is 5.17 Å². The first-order chi connectivity index (χ1) is 16.7. The molecule has 0 saturated carbocycles. The van der Waals surface area contributed by atoms with Gasteiger partial charge in [-0.15, -0.1) is 0 Å². The highest BCUT2D eigenvalue weighted by molar-refractivity contribution is 8.18. The van der Waals surface area contributed by atoms with Crippen LogP contribution in [0.5, 0.6) is 11.5 Å². The number of hydrogen-bond acceptors (Lipinski definition) is 9. The normalized spacial score (nSPS) is 15.7. The number of ether oxygens (including phenoxy) is 1. The van der Waals surface area contributed by atoms with Crippen LogP contribution in [0.1, 0.15) is 5.56 Å². The lowest BCUT2D eigenvalue weighted by Crippen LogP contribution is -2.19. The van der Waals surface area contributed by atoms with Crippen LogP contribution in [0.3, 0.4) is 0 Å². The average Bonchev–Trinajstić information content (AvgIpc) is 3.19. The molecule has 10 nitrogen and oxygen atoms in total. The minimum atomic E-state index is -4.37. The molecule has 1 heterocycles. The lowest BCUT2D eigenvalue weighted by molar-refractivity contribution is -0.385. The monoisotopic (exact) mass is 511 g/mol. The van der Waals surface area contributed by atoms with E-state index in [1.807, 2.05) is 0 Å². The van der Waals surface area contributed by atoms with Crippen LogP contribution in [0.25, 0.3) is 6.08 Å². The molecular weight excluding hydrogens is 494 g/mol. The number of amidine groups is 1. The van der Waals surface area contributed by atoms with Gasteiger partial charge < -0.3 is 14.2 Å². The fraction of sp³-hybridized carbons (Fsp3) is 0.0435. The summed E-state index contributed by atoms with van der Waals surface area (Å²) in [5.74, 6) is 0.230. The van der Waals surface area contributed by atoms with E-state index in [4.69, 9.17) is 8.92 Å². The summed E-state index contributed by atoms with van der Waals surface area (Å²) in [6, 6.07) is 17.7. The Balaban J connectivity index is 1.58. The van der Waals surface area contributed by atoms with Crippen molar-refractivity contribution in [3.05, 3.63) is 93.4 Å². The number of aliphatic imine (C=N–C) groups is 1. The van der Waals surface area contributed by atoms with Gasteiger partial charge >= 0.3 is 10.1 Å². The van der Waals surface area contributed by atoms with E-state index < -0.39 is 20.9 Å². The maximum atomic E-state index is 12.8. The molecule has 0 radical (unpaired) electrons. The molecule has 1 amide bonds. The molecular formula is C23H17N3O7S2. The van der Waals surface area contributed by atoms with E-state index in [1.54, 1.807) is 49.6 Å². The third kappa shape index (κ3) is 5.67. The number of hydrogen-bond donors (Lipinski definition) is 1. The quantitative estimate of drug-likeness (QED) is 0.215. The maximum Gasteiger partial charge on any atom is 0.339 e. The topological polar surface area (TPSA) is 137 Å². The molecule has 4 rings (SSSR count). The SMILES string of the molecule is COc1ccc(N=C2NC(=O)/C(=C/c3ccccc3OS(=O)(=O)c3cccc([N+](=O)[O-])c3)S2)cc1. The molecule has 178 valence electrons. The molecule has 0 aliphatic carbocycles. The zero-order valence-corrected chi connectivity index (χ0v) is 19.7. The van der Waals surface area contributed by atoms with Crippen LogP contribution in [0.4, 0.5) is 11.4 Å². The third-order valence-electron chi connectivity index (χ3n) is 4.68. The summed E-state index contributed by atoms with van der Waals surface area (Å²) >= 11 is 1.09. The molecule has 0 atom stereocenters. The van der Waals surface area contributed by atoms with Crippen molar-refractivity contribution in [1.29, 1.82) is 0 Å². The van der Waals surface area contributed by atoms with Gasteiger partial charge in [0.1, 0.15) is 16.4 Å². The Bertz CT molecular complexity index is 1470. The maximum absolute atomic E-state index is 12.8. The Morgan fingerprint density at radius 2 is 1.80 bits per heavy atom. The Kier molecular flexibility index (Phi) is 6.85. The number of thioether (sulfide) groups is 1. The smallest absolute Gasteiger partial charge is 0.339 e. The van der Waals surface area contributed by atoms with Crippen LogP contribution < -0.4 is 14.2 Å². The third-order valence-corrected chi connectivity index (χ3v) is 6.82. The number of benzene rings is 3. The Hall–Kier alpha value is -4.16. The van der Waals surface area contributed by atoms with Gasteiger partial charge in [0.2, 0.25) is 0 Å². The molecule has 0 unspecified atom stereocenters. The first-order valence-electron chi connectivity index (χ1n) is 9.97. The summed E-state index contributed by atoms with van der Waals surface area (Å²) in [6.07, 6.45) is 1.48. The zero-order chi connectivity index (χ0) is 25.0. The summed E-state index contributed by atoms with van der Waals surface area (Å²) in [5, 5.41) is 14.0. The van der Waals surface area contributed by atoms with Gasteiger partial charge in [-0.05, 0) is 54.2 Å². The van der Waals surface area contributed by atoms with E-state index in [2.05, 4.69) is 10.3 Å². The molecule has 1 fully saturated rings. The average molecular weight is 512 g/mol. The number of non-ortho nitro benzene ring substituents is 1. The van der Waals surface area contributed by atoms with Gasteiger partial charge in [0.05, 0.1) is 22.6 Å². The number of nitrogens with one attached hydrogen (secondary N) is 1. The number of nitro groups is 1. The fourth-order valence-corrected chi connectivity index (χ4v) is 4.82. The van der Waals surface area contributed by atoms with Crippen molar-refractivity contribution in [2.75, 3.05) is 7.11 Å². The predicted octanol–water partition coefficient (Wildman–Crippen LogP) is 4.26. The van der Waals surface area contributed by atoms with Crippen LogP contribution in [0, 0.1) is 10.1 Å². The number of nitro benzene ring substituents is 1. The van der Waals surface area contributed by atoms with E-state index in [0.717, 1.165) is 17.8 Å². The highest BCUT2D eigenvalue weighted by Gasteiger charge is 2.25. The highest BCUT2D eigenvalue weighted by Crippen LogP contribution is 2.32. The molecule has 12 heteroatoms. The number of methoxy groups -OCH3 is 1. The van der Waals surface area contributed by atoms with Gasteiger partial charge in [-0.2, -0.15) is 8.42 Å². The van der Waals surface area contributed by atoms with Crippen molar-refractivity contribution in [1.82, 2.24) is 5.32 Å². The van der Waals surface area contributed by atoms with Crippen molar-refractivity contribution < 1.29 is 27.1 Å². The Morgan fingerprint density at radius 1 is 1.06 bits per heavy atom. The Labute approximate surface area is 204 Å². The van der Waals surface area contributed by atoms with Crippen molar-refractivity contribution in [2.45, 2.75) is 4.90 Å². The van der Waals surface area contributed by atoms with Gasteiger partial charge in [0.25, 0.3) is 11.6 Å². The van der Waals surface area contributed by atoms with Crippen LogP contribution >= 0.6 is 11.8 Å². The summed E-state index contributed by atoms with van der Waals surface area (Å²) < 4.78 is 35.9. The van der Waals surface area contributed by atoms with Gasteiger partial charge in [-0.3, -0.25) is 14.9 Å². The van der Waals surface area contributed by atoms with Crippen LogP contribution in [-0.4, -0.2) is 31.5 Å². The number of rotatable bonds is 7. The number of para-hydroxylation sites is 1. The molecule has 35 heavy (non-hydrogen) atoms. The van der Waals surface area contributed by atoms with E-state index in [0.29, 0.717) is 22.2 Å². The van der Waals surface area contributed by atoms with Gasteiger partial charge in [-0.1, -0.05) is 24.3 Å². The van der Waals surface area contributed by atoms with Gasteiger partial charge in [0, 0.05) is 17.7 Å². The number of carbonyl (C=O) groups excluding carboxylic acids is 1. The molecule has 3 aromatic rings. The Morgan fingerprint density at radius 3 is 2.51 bits per heavy atom. The minimum Gasteiger partial charge on any atom is -0.497 e.